The Bertz CT molecular complexity index is 657. The maximum atomic E-state index is 6.12. The molecule has 3 heterocycles. The van der Waals surface area contributed by atoms with Crippen molar-refractivity contribution in [3.63, 3.8) is 0 Å². The van der Waals surface area contributed by atoms with Crippen LogP contribution in [0.25, 0.3) is 16.8 Å². The molecular formula is C11H8ClN3. The second-order valence-electron chi connectivity index (χ2n) is 3.46. The van der Waals surface area contributed by atoms with Crippen molar-refractivity contribution in [3.8, 4) is 0 Å². The van der Waals surface area contributed by atoms with Crippen molar-refractivity contribution in [2.75, 3.05) is 0 Å². The fourth-order valence-corrected chi connectivity index (χ4v) is 1.99. The summed E-state index contributed by atoms with van der Waals surface area (Å²) in [7, 11) is 0. The van der Waals surface area contributed by atoms with E-state index in [2.05, 4.69) is 9.97 Å². The van der Waals surface area contributed by atoms with Crippen LogP contribution in [-0.4, -0.2) is 14.4 Å². The average molecular weight is 218 g/mol. The first kappa shape index (κ1) is 8.68. The van der Waals surface area contributed by atoms with E-state index < -0.39 is 0 Å². The topological polar surface area (TPSA) is 30.2 Å². The van der Waals surface area contributed by atoms with Gasteiger partial charge in [-0.25, -0.2) is 9.97 Å². The number of halogens is 1. The molecule has 15 heavy (non-hydrogen) atoms. The van der Waals surface area contributed by atoms with E-state index in [9.17, 15) is 0 Å². The van der Waals surface area contributed by atoms with Crippen LogP contribution in [0.3, 0.4) is 0 Å². The van der Waals surface area contributed by atoms with Crippen molar-refractivity contribution in [2.45, 2.75) is 6.92 Å². The maximum Gasteiger partial charge on any atom is 0.166 e. The van der Waals surface area contributed by atoms with Gasteiger partial charge in [-0.1, -0.05) is 17.7 Å². The first-order chi connectivity index (χ1) is 7.25. The molecule has 0 aliphatic carbocycles. The zero-order valence-electron chi connectivity index (χ0n) is 8.11. The number of aryl methyl sites for hydroxylation is 1. The van der Waals surface area contributed by atoms with E-state index in [1.807, 2.05) is 41.8 Å². The molecule has 0 aliphatic heterocycles. The second-order valence-corrected chi connectivity index (χ2v) is 3.87. The van der Waals surface area contributed by atoms with Gasteiger partial charge in [-0.15, -0.1) is 0 Å². The summed E-state index contributed by atoms with van der Waals surface area (Å²) >= 11 is 6.12. The molecule has 0 bridgehead atoms. The number of fused-ring (bicyclic) bond motifs is 3. The minimum absolute atomic E-state index is 0.654. The zero-order chi connectivity index (χ0) is 10.4. The monoisotopic (exact) mass is 217 g/mol. The summed E-state index contributed by atoms with van der Waals surface area (Å²) in [6.45, 7) is 1.92. The van der Waals surface area contributed by atoms with Crippen LogP contribution in [0.5, 0.6) is 0 Å². The van der Waals surface area contributed by atoms with Crippen LogP contribution in [0, 0.1) is 6.92 Å². The predicted molar refractivity (Wildman–Crippen MR) is 60.2 cm³/mol. The SMILES string of the molecule is Cc1cc(Cl)c2nc3ccccn3c2n1. The molecule has 0 aliphatic rings. The van der Waals surface area contributed by atoms with Crippen LogP contribution in [0.15, 0.2) is 30.5 Å². The first-order valence-corrected chi connectivity index (χ1v) is 5.03. The number of pyridine rings is 2. The molecule has 3 nitrogen and oxygen atoms in total. The van der Waals surface area contributed by atoms with E-state index >= 15 is 0 Å². The summed E-state index contributed by atoms with van der Waals surface area (Å²) in [5, 5.41) is 0.654. The van der Waals surface area contributed by atoms with E-state index in [1.54, 1.807) is 0 Å². The van der Waals surface area contributed by atoms with Crippen molar-refractivity contribution in [1.29, 1.82) is 0 Å². The highest BCUT2D eigenvalue weighted by Gasteiger charge is 2.08. The van der Waals surface area contributed by atoms with Crippen LogP contribution in [-0.2, 0) is 0 Å². The molecule has 0 spiro atoms. The lowest BCUT2D eigenvalue weighted by atomic mass is 10.3. The summed E-state index contributed by atoms with van der Waals surface area (Å²) in [4.78, 5) is 8.86. The predicted octanol–water partition coefficient (Wildman–Crippen LogP) is 2.84. The molecular weight excluding hydrogens is 210 g/mol. The Morgan fingerprint density at radius 3 is 3.00 bits per heavy atom. The third-order valence-corrected chi connectivity index (χ3v) is 2.64. The molecule has 3 aromatic rings. The lowest BCUT2D eigenvalue weighted by Crippen LogP contribution is -1.87. The van der Waals surface area contributed by atoms with E-state index in [-0.39, 0.29) is 0 Å². The third-order valence-electron chi connectivity index (χ3n) is 2.35. The van der Waals surface area contributed by atoms with Crippen LogP contribution >= 0.6 is 11.6 Å². The van der Waals surface area contributed by atoms with E-state index in [1.165, 1.54) is 0 Å². The largest absolute Gasteiger partial charge is 0.284 e. The Morgan fingerprint density at radius 1 is 1.27 bits per heavy atom. The van der Waals surface area contributed by atoms with Crippen LogP contribution in [0.4, 0.5) is 0 Å². The summed E-state index contributed by atoms with van der Waals surface area (Å²) in [6.07, 6.45) is 1.94. The van der Waals surface area contributed by atoms with Gasteiger partial charge in [-0.2, -0.15) is 0 Å². The number of nitrogens with zero attached hydrogens (tertiary/aromatic N) is 3. The van der Waals surface area contributed by atoms with Gasteiger partial charge in [0.1, 0.15) is 11.2 Å². The van der Waals surface area contributed by atoms with Gasteiger partial charge >= 0.3 is 0 Å². The molecule has 0 N–H and O–H groups in total. The summed E-state index contributed by atoms with van der Waals surface area (Å²) < 4.78 is 1.94. The molecule has 74 valence electrons. The van der Waals surface area contributed by atoms with Crippen molar-refractivity contribution >= 4 is 28.4 Å². The number of imidazole rings is 1. The molecule has 4 heteroatoms. The zero-order valence-corrected chi connectivity index (χ0v) is 8.86. The Hall–Kier alpha value is -1.61. The lowest BCUT2D eigenvalue weighted by Gasteiger charge is -1.96. The normalized spacial score (nSPS) is 11.3. The standard InChI is InChI=1S/C11H8ClN3/c1-7-6-8(12)10-11(13-7)15-5-3-2-4-9(15)14-10/h2-6H,1H3. The Balaban J connectivity index is 2.61. The number of hydrogen-bond donors (Lipinski definition) is 0. The maximum absolute atomic E-state index is 6.12. The molecule has 0 saturated heterocycles. The van der Waals surface area contributed by atoms with Gasteiger partial charge in [0.05, 0.1) is 5.02 Å². The van der Waals surface area contributed by atoms with E-state index in [0.29, 0.717) is 5.02 Å². The van der Waals surface area contributed by atoms with Gasteiger partial charge in [0.15, 0.2) is 5.65 Å². The van der Waals surface area contributed by atoms with Gasteiger partial charge in [-0.05, 0) is 25.1 Å². The van der Waals surface area contributed by atoms with Gasteiger partial charge in [-0.3, -0.25) is 4.40 Å². The molecule has 0 radical (unpaired) electrons. The first-order valence-electron chi connectivity index (χ1n) is 4.65. The van der Waals surface area contributed by atoms with Crippen molar-refractivity contribution in [1.82, 2.24) is 14.4 Å². The number of aromatic nitrogens is 3. The molecule has 0 saturated carbocycles. The summed E-state index contributed by atoms with van der Waals surface area (Å²) in [6, 6.07) is 7.66. The molecule has 0 amide bonds. The number of rotatable bonds is 0. The van der Waals surface area contributed by atoms with Crippen molar-refractivity contribution < 1.29 is 0 Å². The summed E-state index contributed by atoms with van der Waals surface area (Å²) in [5.41, 5.74) is 3.34. The highest BCUT2D eigenvalue weighted by molar-refractivity contribution is 6.34. The Morgan fingerprint density at radius 2 is 2.13 bits per heavy atom. The van der Waals surface area contributed by atoms with Crippen LogP contribution in [0.1, 0.15) is 5.69 Å². The fourth-order valence-electron chi connectivity index (χ4n) is 1.70. The van der Waals surface area contributed by atoms with Gasteiger partial charge < -0.3 is 0 Å². The lowest BCUT2D eigenvalue weighted by molar-refractivity contribution is 1.15. The van der Waals surface area contributed by atoms with Crippen LogP contribution in [0.2, 0.25) is 5.02 Å². The minimum Gasteiger partial charge on any atom is -0.284 e. The third kappa shape index (κ3) is 1.20. The summed E-state index contributed by atoms with van der Waals surface area (Å²) in [5.74, 6) is 0. The van der Waals surface area contributed by atoms with E-state index in [4.69, 9.17) is 11.6 Å². The molecule has 3 rings (SSSR count). The van der Waals surface area contributed by atoms with Gasteiger partial charge in [0.25, 0.3) is 0 Å². The van der Waals surface area contributed by atoms with Crippen LogP contribution < -0.4 is 0 Å². The Kier molecular flexibility index (Phi) is 1.70. The second kappa shape index (κ2) is 2.94. The quantitative estimate of drug-likeness (QED) is 0.580. The molecule has 0 aromatic carbocycles. The smallest absolute Gasteiger partial charge is 0.166 e. The fraction of sp³-hybridized carbons (Fsp3) is 0.0909. The minimum atomic E-state index is 0.654. The van der Waals surface area contributed by atoms with Gasteiger partial charge in [0.2, 0.25) is 0 Å². The molecule has 0 atom stereocenters. The highest BCUT2D eigenvalue weighted by atomic mass is 35.5. The number of hydrogen-bond acceptors (Lipinski definition) is 2. The Labute approximate surface area is 91.3 Å². The highest BCUT2D eigenvalue weighted by Crippen LogP contribution is 2.23. The molecule has 0 unspecified atom stereocenters. The molecule has 3 aromatic heterocycles. The van der Waals surface area contributed by atoms with Crippen molar-refractivity contribution in [2.24, 2.45) is 0 Å². The average Bonchev–Trinajstić information content (AvgIpc) is 2.57. The van der Waals surface area contributed by atoms with Gasteiger partial charge in [0, 0.05) is 11.9 Å². The van der Waals surface area contributed by atoms with Crippen molar-refractivity contribution in [3.05, 3.63) is 41.2 Å². The van der Waals surface area contributed by atoms with E-state index in [0.717, 1.165) is 22.5 Å². The molecule has 0 fully saturated rings.